The van der Waals surface area contributed by atoms with Crippen molar-refractivity contribution in [1.29, 1.82) is 0 Å². The molecule has 0 radical (unpaired) electrons. The molecule has 0 unspecified atom stereocenters. The third-order valence-corrected chi connectivity index (χ3v) is 11.0. The van der Waals surface area contributed by atoms with Gasteiger partial charge in [-0.1, -0.05) is 109 Å². The van der Waals surface area contributed by atoms with Crippen LogP contribution in [-0.2, 0) is 0 Å². The molecule has 0 fully saturated rings. The van der Waals surface area contributed by atoms with Gasteiger partial charge in [0.1, 0.15) is 11.5 Å². The highest BCUT2D eigenvalue weighted by Gasteiger charge is 2.18. The fraction of sp³-hybridized carbons (Fsp3) is 0. The van der Waals surface area contributed by atoms with Crippen molar-refractivity contribution in [3.8, 4) is 33.8 Å². The molecule has 0 aliphatic rings. The van der Waals surface area contributed by atoms with E-state index >= 15 is 0 Å². The molecule has 0 aromatic heterocycles. The van der Waals surface area contributed by atoms with E-state index in [-0.39, 0.29) is 11.5 Å². The Morgan fingerprint density at radius 3 is 0.862 bits per heavy atom. The van der Waals surface area contributed by atoms with Crippen molar-refractivity contribution in [3.63, 3.8) is 0 Å². The summed E-state index contributed by atoms with van der Waals surface area (Å²) in [5, 5.41) is 27.3. The zero-order valence-corrected chi connectivity index (χ0v) is 31.6. The first-order valence-corrected chi connectivity index (χ1v) is 19.5. The maximum atomic E-state index is 10.0. The van der Waals surface area contributed by atoms with Crippen molar-refractivity contribution >= 4 is 66.4 Å². The highest BCUT2D eigenvalue weighted by Crippen LogP contribution is 2.44. The van der Waals surface area contributed by atoms with Gasteiger partial charge in [0.05, 0.1) is 0 Å². The molecular formula is C54H38N2O2. The number of rotatable bonds is 8. The minimum Gasteiger partial charge on any atom is -0.508 e. The molecule has 0 heterocycles. The summed E-state index contributed by atoms with van der Waals surface area (Å²) in [6.07, 6.45) is 0. The minimum atomic E-state index is 0.241. The molecule has 4 nitrogen and oxygen atoms in total. The number of hydrogen-bond donors (Lipinski definition) is 2. The highest BCUT2D eigenvalue weighted by atomic mass is 16.3. The van der Waals surface area contributed by atoms with Crippen molar-refractivity contribution in [2.45, 2.75) is 0 Å². The van der Waals surface area contributed by atoms with E-state index in [1.165, 1.54) is 43.4 Å². The van der Waals surface area contributed by atoms with E-state index in [1.54, 1.807) is 24.3 Å². The number of phenolic OH excluding ortho intramolecular Hbond substituents is 2. The van der Waals surface area contributed by atoms with E-state index in [2.05, 4.69) is 143 Å². The van der Waals surface area contributed by atoms with Gasteiger partial charge in [-0.15, -0.1) is 0 Å². The van der Waals surface area contributed by atoms with Crippen LogP contribution < -0.4 is 9.80 Å². The second kappa shape index (κ2) is 14.7. The normalized spacial score (nSPS) is 11.2. The molecule has 10 aromatic rings. The molecule has 276 valence electrons. The maximum absolute atomic E-state index is 10.0. The van der Waals surface area contributed by atoms with E-state index in [1.807, 2.05) is 60.7 Å². The van der Waals surface area contributed by atoms with Crippen molar-refractivity contribution in [1.82, 2.24) is 0 Å². The molecule has 2 N–H and O–H groups in total. The molecule has 0 saturated heterocycles. The lowest BCUT2D eigenvalue weighted by Crippen LogP contribution is -2.09. The van der Waals surface area contributed by atoms with Crippen molar-refractivity contribution in [3.05, 3.63) is 218 Å². The monoisotopic (exact) mass is 746 g/mol. The molecule has 0 amide bonds. The molecule has 4 heteroatoms. The van der Waals surface area contributed by atoms with Crippen LogP contribution in [0, 0.1) is 0 Å². The number of anilines is 6. The van der Waals surface area contributed by atoms with E-state index in [4.69, 9.17) is 0 Å². The Hall–Kier alpha value is -7.82. The van der Waals surface area contributed by atoms with Gasteiger partial charge in [-0.05, 0) is 164 Å². The maximum Gasteiger partial charge on any atom is 0.115 e. The molecule has 10 aromatic carbocycles. The smallest absolute Gasteiger partial charge is 0.115 e. The fourth-order valence-electron chi connectivity index (χ4n) is 8.26. The first-order chi connectivity index (χ1) is 28.6. The Morgan fingerprint density at radius 1 is 0.241 bits per heavy atom. The molecule has 0 aliphatic carbocycles. The van der Waals surface area contributed by atoms with E-state index in [0.717, 1.165) is 45.3 Å². The second-order valence-corrected chi connectivity index (χ2v) is 14.5. The summed E-state index contributed by atoms with van der Waals surface area (Å²) in [7, 11) is 0. The van der Waals surface area contributed by atoms with Gasteiger partial charge < -0.3 is 20.0 Å². The van der Waals surface area contributed by atoms with Gasteiger partial charge in [-0.25, -0.2) is 0 Å². The van der Waals surface area contributed by atoms with Crippen LogP contribution in [0.15, 0.2) is 218 Å². The SMILES string of the molecule is Oc1ccc(N(c2ccccc2)c2ccc(-c3cc4c5ccccc5c(-c5ccc(N(c6ccccc6)c6ccc(O)cc6)cc5)cc4c4ccccc34)cc2)cc1. The van der Waals surface area contributed by atoms with E-state index < -0.39 is 0 Å². The zero-order chi connectivity index (χ0) is 39.0. The third kappa shape index (κ3) is 6.33. The van der Waals surface area contributed by atoms with Crippen LogP contribution in [0.5, 0.6) is 11.5 Å². The largest absolute Gasteiger partial charge is 0.508 e. The second-order valence-electron chi connectivity index (χ2n) is 14.5. The predicted octanol–water partition coefficient (Wildman–Crippen LogP) is 14.8. The van der Waals surface area contributed by atoms with Gasteiger partial charge in [0.15, 0.2) is 0 Å². The number of phenols is 2. The molecule has 0 spiro atoms. The molecule has 0 bridgehead atoms. The lowest BCUT2D eigenvalue weighted by molar-refractivity contribution is 0.475. The number of para-hydroxylation sites is 2. The average Bonchev–Trinajstić information content (AvgIpc) is 3.28. The number of fused-ring (bicyclic) bond motifs is 5. The van der Waals surface area contributed by atoms with E-state index in [0.29, 0.717) is 0 Å². The summed E-state index contributed by atoms with van der Waals surface area (Å²) in [4.78, 5) is 4.41. The highest BCUT2D eigenvalue weighted by molar-refractivity contribution is 6.23. The van der Waals surface area contributed by atoms with Crippen LogP contribution in [0.1, 0.15) is 0 Å². The Kier molecular flexibility index (Phi) is 8.77. The van der Waals surface area contributed by atoms with Crippen LogP contribution in [0.25, 0.3) is 54.6 Å². The predicted molar refractivity (Wildman–Crippen MR) is 243 cm³/mol. The van der Waals surface area contributed by atoms with Crippen molar-refractivity contribution < 1.29 is 10.2 Å². The lowest BCUT2D eigenvalue weighted by atomic mass is 9.87. The lowest BCUT2D eigenvalue weighted by Gasteiger charge is -2.26. The van der Waals surface area contributed by atoms with Gasteiger partial charge in [0.2, 0.25) is 0 Å². The summed E-state index contributed by atoms with van der Waals surface area (Å²) >= 11 is 0. The Bertz CT molecular complexity index is 2830. The van der Waals surface area contributed by atoms with Gasteiger partial charge in [0, 0.05) is 34.1 Å². The topological polar surface area (TPSA) is 46.9 Å². The van der Waals surface area contributed by atoms with Crippen LogP contribution in [0.3, 0.4) is 0 Å². The summed E-state index contributed by atoms with van der Waals surface area (Å²) in [5.74, 6) is 0.481. The first kappa shape index (κ1) is 34.7. The average molecular weight is 747 g/mol. The molecule has 0 aliphatic heterocycles. The van der Waals surface area contributed by atoms with Crippen LogP contribution in [-0.4, -0.2) is 10.2 Å². The summed E-state index contributed by atoms with van der Waals surface area (Å²) in [6.45, 7) is 0. The summed E-state index contributed by atoms with van der Waals surface area (Å²) in [5.41, 5.74) is 10.7. The zero-order valence-electron chi connectivity index (χ0n) is 31.6. The minimum absolute atomic E-state index is 0.241. The quantitative estimate of drug-likeness (QED) is 0.152. The number of nitrogens with zero attached hydrogens (tertiary/aromatic N) is 2. The third-order valence-electron chi connectivity index (χ3n) is 11.0. The van der Waals surface area contributed by atoms with Crippen molar-refractivity contribution in [2.75, 3.05) is 9.80 Å². The summed E-state index contributed by atoms with van der Waals surface area (Å²) in [6, 6.07) is 75.1. The van der Waals surface area contributed by atoms with Crippen LogP contribution >= 0.6 is 0 Å². The first-order valence-electron chi connectivity index (χ1n) is 19.5. The summed E-state index contributed by atoms with van der Waals surface area (Å²) < 4.78 is 0. The Balaban J connectivity index is 1.08. The fourth-order valence-corrected chi connectivity index (χ4v) is 8.26. The van der Waals surface area contributed by atoms with Crippen LogP contribution in [0.2, 0.25) is 0 Å². The Morgan fingerprint density at radius 2 is 0.517 bits per heavy atom. The molecule has 0 atom stereocenters. The Labute approximate surface area is 337 Å². The number of benzene rings is 10. The number of hydrogen-bond acceptors (Lipinski definition) is 4. The molecule has 58 heavy (non-hydrogen) atoms. The van der Waals surface area contributed by atoms with Crippen molar-refractivity contribution in [2.24, 2.45) is 0 Å². The van der Waals surface area contributed by atoms with E-state index in [9.17, 15) is 10.2 Å². The van der Waals surface area contributed by atoms with Crippen LogP contribution in [0.4, 0.5) is 34.1 Å². The van der Waals surface area contributed by atoms with Gasteiger partial charge in [-0.3, -0.25) is 0 Å². The van der Waals surface area contributed by atoms with Gasteiger partial charge in [0.25, 0.3) is 0 Å². The molecular weight excluding hydrogens is 709 g/mol. The number of aromatic hydroxyl groups is 2. The molecule has 0 saturated carbocycles. The standard InChI is InChI=1S/C54H38N2O2/c57-45-31-27-43(28-32-45)55(39-11-3-1-4-12-39)41-23-19-37(20-24-41)51-35-53-50-18-10-8-16-48(50)52(36-54(53)49-17-9-7-15-47(49)51)38-21-25-42(26-22-38)56(40-13-5-2-6-14-40)44-29-33-46(58)34-30-44/h1-36,57-58H. The molecule has 10 rings (SSSR count). The van der Waals surface area contributed by atoms with Gasteiger partial charge >= 0.3 is 0 Å². The van der Waals surface area contributed by atoms with Gasteiger partial charge in [-0.2, -0.15) is 0 Å².